The Hall–Kier alpha value is -2.10. The van der Waals surface area contributed by atoms with Crippen molar-refractivity contribution in [1.29, 1.82) is 0 Å². The number of thiophene rings is 1. The number of phenolic OH excluding ortho intramolecular Hbond substituents is 1. The number of fused-ring (bicyclic) bond motifs is 2. The van der Waals surface area contributed by atoms with Gasteiger partial charge in [-0.2, -0.15) is 0 Å². The number of aromatic nitrogens is 1. The molecule has 0 aliphatic heterocycles. The van der Waals surface area contributed by atoms with Crippen LogP contribution in [0.2, 0.25) is 5.02 Å². The predicted molar refractivity (Wildman–Crippen MR) is 89.2 cm³/mol. The van der Waals surface area contributed by atoms with Gasteiger partial charge < -0.3 is 5.11 Å². The monoisotopic (exact) mass is 311 g/mol. The van der Waals surface area contributed by atoms with Gasteiger partial charge >= 0.3 is 0 Å². The van der Waals surface area contributed by atoms with Crippen molar-refractivity contribution >= 4 is 43.9 Å². The standard InChI is InChI=1S/C17H10ClNOS/c18-13-9-12(17(20)16-11(13)5-3-7-19-16)15-8-10-4-1-2-6-14(10)21-15/h1-9,20H. The van der Waals surface area contributed by atoms with Crippen LogP contribution in [0.15, 0.2) is 54.7 Å². The first-order valence-electron chi connectivity index (χ1n) is 6.49. The van der Waals surface area contributed by atoms with Gasteiger partial charge in [0.25, 0.3) is 0 Å². The number of nitrogens with zero attached hydrogens (tertiary/aromatic N) is 1. The molecule has 0 radical (unpaired) electrons. The number of aromatic hydroxyl groups is 1. The zero-order chi connectivity index (χ0) is 14.4. The van der Waals surface area contributed by atoms with E-state index in [9.17, 15) is 5.11 Å². The molecular formula is C17H10ClNOS. The molecule has 0 aliphatic rings. The fraction of sp³-hybridized carbons (Fsp3) is 0. The van der Waals surface area contributed by atoms with Gasteiger partial charge in [0.2, 0.25) is 0 Å². The van der Waals surface area contributed by atoms with Crippen LogP contribution < -0.4 is 0 Å². The number of halogens is 1. The van der Waals surface area contributed by atoms with Gasteiger partial charge in [-0.3, -0.25) is 4.98 Å². The third kappa shape index (κ3) is 1.97. The summed E-state index contributed by atoms with van der Waals surface area (Å²) < 4.78 is 1.18. The molecule has 0 atom stereocenters. The van der Waals surface area contributed by atoms with Gasteiger partial charge in [-0.1, -0.05) is 29.8 Å². The molecule has 0 spiro atoms. The molecule has 2 heterocycles. The SMILES string of the molecule is Oc1c(-c2cc3ccccc3s2)cc(Cl)c2cccnc12. The summed E-state index contributed by atoms with van der Waals surface area (Å²) in [5.74, 6) is 0.182. The second-order valence-electron chi connectivity index (χ2n) is 4.80. The van der Waals surface area contributed by atoms with Crippen molar-refractivity contribution in [3.05, 3.63) is 59.8 Å². The Morgan fingerprint density at radius 3 is 2.76 bits per heavy atom. The van der Waals surface area contributed by atoms with E-state index in [1.165, 1.54) is 4.70 Å². The average molecular weight is 312 g/mol. The summed E-state index contributed by atoms with van der Waals surface area (Å²) in [7, 11) is 0. The highest BCUT2D eigenvalue weighted by atomic mass is 35.5. The molecule has 21 heavy (non-hydrogen) atoms. The zero-order valence-corrected chi connectivity index (χ0v) is 12.4. The molecule has 0 amide bonds. The third-order valence-corrected chi connectivity index (χ3v) is 4.97. The minimum atomic E-state index is 0.182. The first kappa shape index (κ1) is 12.6. The summed E-state index contributed by atoms with van der Waals surface area (Å²) in [6.45, 7) is 0. The topological polar surface area (TPSA) is 33.1 Å². The lowest BCUT2D eigenvalue weighted by molar-refractivity contribution is 0.482. The van der Waals surface area contributed by atoms with E-state index >= 15 is 0 Å². The van der Waals surface area contributed by atoms with E-state index in [4.69, 9.17) is 11.6 Å². The summed E-state index contributed by atoms with van der Waals surface area (Å²) in [6.07, 6.45) is 1.66. The molecule has 0 fully saturated rings. The Morgan fingerprint density at radius 1 is 1.05 bits per heavy atom. The Bertz CT molecular complexity index is 944. The van der Waals surface area contributed by atoms with Crippen molar-refractivity contribution in [2.24, 2.45) is 0 Å². The fourth-order valence-corrected chi connectivity index (χ4v) is 3.83. The number of benzene rings is 2. The quantitative estimate of drug-likeness (QED) is 0.505. The molecule has 0 saturated heterocycles. The van der Waals surface area contributed by atoms with Crippen LogP contribution in [-0.2, 0) is 0 Å². The largest absolute Gasteiger partial charge is 0.505 e. The Morgan fingerprint density at radius 2 is 1.90 bits per heavy atom. The minimum Gasteiger partial charge on any atom is -0.505 e. The molecule has 0 bridgehead atoms. The molecule has 0 saturated carbocycles. The van der Waals surface area contributed by atoms with Crippen molar-refractivity contribution in [2.75, 3.05) is 0 Å². The maximum atomic E-state index is 10.5. The van der Waals surface area contributed by atoms with Gasteiger partial charge in [0.1, 0.15) is 5.52 Å². The lowest BCUT2D eigenvalue weighted by atomic mass is 10.1. The number of pyridine rings is 1. The molecule has 0 unspecified atom stereocenters. The van der Waals surface area contributed by atoms with Crippen LogP contribution in [0.3, 0.4) is 0 Å². The van der Waals surface area contributed by atoms with Crippen molar-refractivity contribution in [2.45, 2.75) is 0 Å². The maximum absolute atomic E-state index is 10.5. The Balaban J connectivity index is 2.03. The molecule has 0 aliphatic carbocycles. The number of hydrogen-bond acceptors (Lipinski definition) is 3. The molecule has 2 nitrogen and oxygen atoms in total. The smallest absolute Gasteiger partial charge is 0.150 e. The fourth-order valence-electron chi connectivity index (χ4n) is 2.49. The van der Waals surface area contributed by atoms with Gasteiger partial charge in [-0.25, -0.2) is 0 Å². The predicted octanol–water partition coefficient (Wildman–Crippen LogP) is 5.48. The average Bonchev–Trinajstić information content (AvgIpc) is 2.94. The normalized spacial score (nSPS) is 11.3. The van der Waals surface area contributed by atoms with Crippen molar-refractivity contribution in [3.8, 4) is 16.2 Å². The van der Waals surface area contributed by atoms with E-state index in [2.05, 4.69) is 23.2 Å². The molecule has 2 aromatic carbocycles. The van der Waals surface area contributed by atoms with Gasteiger partial charge in [0.15, 0.2) is 5.75 Å². The van der Waals surface area contributed by atoms with E-state index in [0.717, 1.165) is 21.2 Å². The highest BCUT2D eigenvalue weighted by Gasteiger charge is 2.14. The van der Waals surface area contributed by atoms with E-state index in [1.807, 2.05) is 30.3 Å². The summed E-state index contributed by atoms with van der Waals surface area (Å²) in [5.41, 5.74) is 1.27. The summed E-state index contributed by atoms with van der Waals surface area (Å²) in [4.78, 5) is 5.24. The van der Waals surface area contributed by atoms with Gasteiger partial charge in [0.05, 0.1) is 5.02 Å². The lowest BCUT2D eigenvalue weighted by Gasteiger charge is -2.07. The lowest BCUT2D eigenvalue weighted by Crippen LogP contribution is -1.83. The van der Waals surface area contributed by atoms with Gasteiger partial charge in [0, 0.05) is 26.7 Å². The summed E-state index contributed by atoms with van der Waals surface area (Å²) in [5, 5.41) is 13.1. The molecule has 102 valence electrons. The molecule has 4 aromatic rings. The van der Waals surface area contributed by atoms with Crippen LogP contribution in [-0.4, -0.2) is 10.1 Å². The van der Waals surface area contributed by atoms with Crippen molar-refractivity contribution in [3.63, 3.8) is 0 Å². The molecule has 4 heteroatoms. The van der Waals surface area contributed by atoms with Crippen LogP contribution in [0.1, 0.15) is 0 Å². The van der Waals surface area contributed by atoms with E-state index in [-0.39, 0.29) is 5.75 Å². The highest BCUT2D eigenvalue weighted by molar-refractivity contribution is 7.22. The van der Waals surface area contributed by atoms with Crippen LogP contribution in [0.5, 0.6) is 5.75 Å². The van der Waals surface area contributed by atoms with Crippen LogP contribution in [0, 0.1) is 0 Å². The number of rotatable bonds is 1. The van der Waals surface area contributed by atoms with Crippen molar-refractivity contribution in [1.82, 2.24) is 4.98 Å². The zero-order valence-electron chi connectivity index (χ0n) is 10.9. The van der Waals surface area contributed by atoms with Crippen LogP contribution in [0.25, 0.3) is 31.4 Å². The van der Waals surface area contributed by atoms with E-state index < -0.39 is 0 Å². The molecular weight excluding hydrogens is 302 g/mol. The first-order chi connectivity index (χ1) is 10.2. The summed E-state index contributed by atoms with van der Waals surface area (Å²) in [6, 6.07) is 15.7. The van der Waals surface area contributed by atoms with Crippen LogP contribution >= 0.6 is 22.9 Å². The number of hydrogen-bond donors (Lipinski definition) is 1. The van der Waals surface area contributed by atoms with E-state index in [0.29, 0.717) is 10.5 Å². The van der Waals surface area contributed by atoms with Crippen molar-refractivity contribution < 1.29 is 5.11 Å². The second kappa shape index (κ2) is 4.72. The molecule has 1 N–H and O–H groups in total. The van der Waals surface area contributed by atoms with Gasteiger partial charge in [-0.05, 0) is 35.7 Å². The molecule has 4 rings (SSSR count). The second-order valence-corrected chi connectivity index (χ2v) is 6.29. The Labute approximate surface area is 130 Å². The van der Waals surface area contributed by atoms with Gasteiger partial charge in [-0.15, -0.1) is 11.3 Å². The first-order valence-corrected chi connectivity index (χ1v) is 7.68. The van der Waals surface area contributed by atoms with E-state index in [1.54, 1.807) is 17.5 Å². The number of phenols is 1. The molecule has 2 aromatic heterocycles. The van der Waals surface area contributed by atoms with Crippen LogP contribution in [0.4, 0.5) is 0 Å². The summed E-state index contributed by atoms with van der Waals surface area (Å²) >= 11 is 7.97. The Kier molecular flexibility index (Phi) is 2.84. The minimum absolute atomic E-state index is 0.182. The third-order valence-electron chi connectivity index (χ3n) is 3.51. The highest BCUT2D eigenvalue weighted by Crippen LogP contribution is 2.42. The maximum Gasteiger partial charge on any atom is 0.150 e.